The summed E-state index contributed by atoms with van der Waals surface area (Å²) in [5, 5.41) is 13.6. The van der Waals surface area contributed by atoms with Gasteiger partial charge in [-0.1, -0.05) is 6.92 Å². The summed E-state index contributed by atoms with van der Waals surface area (Å²) in [5.41, 5.74) is -0.407. The molecule has 2 rings (SSSR count). The van der Waals surface area contributed by atoms with Crippen molar-refractivity contribution >= 4 is 0 Å². The highest BCUT2D eigenvalue weighted by molar-refractivity contribution is 4.89. The molecule has 0 aliphatic carbocycles. The van der Waals surface area contributed by atoms with Gasteiger partial charge >= 0.3 is 0 Å². The van der Waals surface area contributed by atoms with Crippen LogP contribution in [0.5, 0.6) is 0 Å². The van der Waals surface area contributed by atoms with Crippen molar-refractivity contribution in [1.82, 2.24) is 10.2 Å². The van der Waals surface area contributed by atoms with E-state index < -0.39 is 5.60 Å². The Balaban J connectivity index is 1.83. The molecule has 0 aromatic carbocycles. The molecule has 2 aliphatic heterocycles. The van der Waals surface area contributed by atoms with Crippen LogP contribution in [0.15, 0.2) is 0 Å². The highest BCUT2D eigenvalue weighted by Gasteiger charge is 2.33. The fourth-order valence-corrected chi connectivity index (χ4v) is 2.64. The zero-order valence-electron chi connectivity index (χ0n) is 9.13. The van der Waals surface area contributed by atoms with E-state index in [1.807, 2.05) is 0 Å². The van der Waals surface area contributed by atoms with Gasteiger partial charge in [0.05, 0.1) is 5.60 Å². The van der Waals surface area contributed by atoms with E-state index in [9.17, 15) is 5.11 Å². The lowest BCUT2D eigenvalue weighted by atomic mass is 9.92. The van der Waals surface area contributed by atoms with Crippen LogP contribution in [-0.4, -0.2) is 48.3 Å². The SMILES string of the molecule is CC1CCN(CC2(O)CCNCC2)C1. The third-order valence-electron chi connectivity index (χ3n) is 3.56. The summed E-state index contributed by atoms with van der Waals surface area (Å²) in [7, 11) is 0. The van der Waals surface area contributed by atoms with Crippen molar-refractivity contribution in [2.75, 3.05) is 32.7 Å². The monoisotopic (exact) mass is 198 g/mol. The van der Waals surface area contributed by atoms with Crippen LogP contribution in [0.2, 0.25) is 0 Å². The highest BCUT2D eigenvalue weighted by atomic mass is 16.3. The number of nitrogens with zero attached hydrogens (tertiary/aromatic N) is 1. The predicted octanol–water partition coefficient (Wildman–Crippen LogP) is 0.443. The van der Waals surface area contributed by atoms with Crippen molar-refractivity contribution in [3.8, 4) is 0 Å². The maximum Gasteiger partial charge on any atom is 0.0798 e. The minimum atomic E-state index is -0.407. The Labute approximate surface area is 86.5 Å². The molecule has 2 saturated heterocycles. The average molecular weight is 198 g/mol. The lowest BCUT2D eigenvalue weighted by molar-refractivity contribution is -0.0164. The van der Waals surface area contributed by atoms with Crippen LogP contribution in [0.4, 0.5) is 0 Å². The summed E-state index contributed by atoms with van der Waals surface area (Å²) in [4.78, 5) is 2.43. The molecule has 14 heavy (non-hydrogen) atoms. The predicted molar refractivity (Wildman–Crippen MR) is 57.3 cm³/mol. The number of rotatable bonds is 2. The normalized spacial score (nSPS) is 33.4. The number of likely N-dealkylation sites (tertiary alicyclic amines) is 1. The van der Waals surface area contributed by atoms with Gasteiger partial charge in [0.2, 0.25) is 0 Å². The van der Waals surface area contributed by atoms with Crippen molar-refractivity contribution in [2.24, 2.45) is 5.92 Å². The van der Waals surface area contributed by atoms with Crippen molar-refractivity contribution in [1.29, 1.82) is 0 Å². The Hall–Kier alpha value is -0.120. The molecule has 2 fully saturated rings. The van der Waals surface area contributed by atoms with Crippen molar-refractivity contribution in [3.05, 3.63) is 0 Å². The molecule has 0 saturated carbocycles. The van der Waals surface area contributed by atoms with E-state index in [1.165, 1.54) is 19.5 Å². The lowest BCUT2D eigenvalue weighted by Crippen LogP contribution is -2.49. The molecule has 1 unspecified atom stereocenters. The molecule has 0 aromatic heterocycles. The maximum atomic E-state index is 10.3. The lowest BCUT2D eigenvalue weighted by Gasteiger charge is -2.35. The van der Waals surface area contributed by atoms with Crippen LogP contribution in [0, 0.1) is 5.92 Å². The van der Waals surface area contributed by atoms with Gasteiger partial charge in [0.25, 0.3) is 0 Å². The highest BCUT2D eigenvalue weighted by Crippen LogP contribution is 2.23. The number of aliphatic hydroxyl groups is 1. The third kappa shape index (κ3) is 2.47. The summed E-state index contributed by atoms with van der Waals surface area (Å²) < 4.78 is 0. The van der Waals surface area contributed by atoms with Crippen LogP contribution in [0.25, 0.3) is 0 Å². The Kier molecular flexibility index (Phi) is 3.10. The molecule has 0 radical (unpaired) electrons. The van der Waals surface area contributed by atoms with Crippen molar-refractivity contribution in [2.45, 2.75) is 31.8 Å². The first kappa shape index (κ1) is 10.4. The molecule has 3 heteroatoms. The summed E-state index contributed by atoms with van der Waals surface area (Å²) >= 11 is 0. The molecule has 1 atom stereocenters. The maximum absolute atomic E-state index is 10.3. The largest absolute Gasteiger partial charge is 0.388 e. The molecule has 2 aliphatic rings. The van der Waals surface area contributed by atoms with Gasteiger partial charge < -0.3 is 15.3 Å². The van der Waals surface area contributed by atoms with E-state index in [0.717, 1.165) is 38.4 Å². The molecule has 3 nitrogen and oxygen atoms in total. The quantitative estimate of drug-likeness (QED) is 0.676. The zero-order chi connectivity index (χ0) is 10.0. The van der Waals surface area contributed by atoms with E-state index in [0.29, 0.717) is 0 Å². The zero-order valence-corrected chi connectivity index (χ0v) is 9.13. The van der Waals surface area contributed by atoms with Crippen molar-refractivity contribution in [3.63, 3.8) is 0 Å². The minimum Gasteiger partial charge on any atom is -0.388 e. The fraction of sp³-hybridized carbons (Fsp3) is 1.00. The van der Waals surface area contributed by atoms with Gasteiger partial charge in [0, 0.05) is 13.1 Å². The molecular weight excluding hydrogens is 176 g/mol. The van der Waals surface area contributed by atoms with E-state index in [1.54, 1.807) is 0 Å². The molecule has 2 N–H and O–H groups in total. The third-order valence-corrected chi connectivity index (χ3v) is 3.56. The van der Waals surface area contributed by atoms with Gasteiger partial charge in [0.1, 0.15) is 0 Å². The Morgan fingerprint density at radius 2 is 2.14 bits per heavy atom. The fourth-order valence-electron chi connectivity index (χ4n) is 2.64. The van der Waals surface area contributed by atoms with Gasteiger partial charge in [-0.05, 0) is 44.8 Å². The Morgan fingerprint density at radius 1 is 1.43 bits per heavy atom. The first-order chi connectivity index (χ1) is 6.68. The smallest absolute Gasteiger partial charge is 0.0798 e. The molecule has 0 amide bonds. The molecule has 0 bridgehead atoms. The number of hydrogen-bond acceptors (Lipinski definition) is 3. The minimum absolute atomic E-state index is 0.407. The topological polar surface area (TPSA) is 35.5 Å². The Bertz CT molecular complexity index is 190. The van der Waals surface area contributed by atoms with Crippen molar-refractivity contribution < 1.29 is 5.11 Å². The summed E-state index contributed by atoms with van der Waals surface area (Å²) in [5.74, 6) is 0.820. The molecule has 0 spiro atoms. The molecule has 0 aromatic rings. The molecular formula is C11H22N2O. The second-order valence-corrected chi connectivity index (χ2v) is 5.10. The van der Waals surface area contributed by atoms with Gasteiger partial charge in [-0.15, -0.1) is 0 Å². The number of nitrogens with one attached hydrogen (secondary N) is 1. The standard InChI is InChI=1S/C11H22N2O/c1-10-2-7-13(8-10)9-11(14)3-5-12-6-4-11/h10,12,14H,2-9H2,1H3. The first-order valence-electron chi connectivity index (χ1n) is 5.83. The van der Waals surface area contributed by atoms with Crippen LogP contribution >= 0.6 is 0 Å². The van der Waals surface area contributed by atoms with Crippen LogP contribution < -0.4 is 5.32 Å². The molecule has 2 heterocycles. The second kappa shape index (κ2) is 4.17. The van der Waals surface area contributed by atoms with E-state index in [-0.39, 0.29) is 0 Å². The van der Waals surface area contributed by atoms with Gasteiger partial charge in [-0.3, -0.25) is 0 Å². The summed E-state index contributed by atoms with van der Waals surface area (Å²) in [6.07, 6.45) is 3.13. The number of piperidine rings is 1. The van der Waals surface area contributed by atoms with Gasteiger partial charge in [-0.2, -0.15) is 0 Å². The second-order valence-electron chi connectivity index (χ2n) is 5.10. The molecule has 82 valence electrons. The van der Waals surface area contributed by atoms with Gasteiger partial charge in [-0.25, -0.2) is 0 Å². The van der Waals surface area contributed by atoms with E-state index in [4.69, 9.17) is 0 Å². The van der Waals surface area contributed by atoms with Gasteiger partial charge in [0.15, 0.2) is 0 Å². The van der Waals surface area contributed by atoms with E-state index in [2.05, 4.69) is 17.1 Å². The summed E-state index contributed by atoms with van der Waals surface area (Å²) in [6.45, 7) is 7.48. The van der Waals surface area contributed by atoms with Crippen LogP contribution in [0.3, 0.4) is 0 Å². The van der Waals surface area contributed by atoms with Crippen LogP contribution in [0.1, 0.15) is 26.2 Å². The average Bonchev–Trinajstić information content (AvgIpc) is 2.51. The van der Waals surface area contributed by atoms with Crippen LogP contribution in [-0.2, 0) is 0 Å². The first-order valence-corrected chi connectivity index (χ1v) is 5.83. The Morgan fingerprint density at radius 3 is 2.71 bits per heavy atom. The summed E-state index contributed by atoms with van der Waals surface area (Å²) in [6, 6.07) is 0. The van der Waals surface area contributed by atoms with E-state index >= 15 is 0 Å². The number of hydrogen-bond donors (Lipinski definition) is 2. The number of β-amino-alcohol motifs (C(OH)–C–C–N with tert-alkyl or cyclic N) is 1.